The van der Waals surface area contributed by atoms with Crippen molar-refractivity contribution in [1.29, 1.82) is 0 Å². The van der Waals surface area contributed by atoms with Gasteiger partial charge in [0.1, 0.15) is 10.6 Å². The quantitative estimate of drug-likeness (QED) is 0.774. The Kier molecular flexibility index (Phi) is 6.02. The largest absolute Gasteiger partial charge is 0.495 e. The van der Waals surface area contributed by atoms with Crippen LogP contribution in [0.5, 0.6) is 5.75 Å². The Bertz CT molecular complexity index is 886. The summed E-state index contributed by atoms with van der Waals surface area (Å²) < 4.78 is 30.8. The second-order valence-corrected chi connectivity index (χ2v) is 7.27. The SMILES string of the molecule is COc1ccc(C(=O)Nc2cccc(Cl)c2)cc1S(=O)(=O)N(C)OC. The number of sulfonamides is 1. The maximum absolute atomic E-state index is 12.5. The van der Waals surface area contributed by atoms with Gasteiger partial charge in [-0.2, -0.15) is 0 Å². The zero-order valence-electron chi connectivity index (χ0n) is 13.8. The third-order valence-corrected chi connectivity index (χ3v) is 5.32. The summed E-state index contributed by atoms with van der Waals surface area (Å²) in [6, 6.07) is 10.7. The van der Waals surface area contributed by atoms with Crippen molar-refractivity contribution < 1.29 is 22.8 Å². The molecule has 0 aliphatic heterocycles. The molecule has 2 rings (SSSR count). The predicted molar refractivity (Wildman–Crippen MR) is 94.4 cm³/mol. The van der Waals surface area contributed by atoms with Crippen molar-refractivity contribution in [2.45, 2.75) is 4.90 Å². The van der Waals surface area contributed by atoms with Crippen LogP contribution in [0.3, 0.4) is 0 Å². The number of methoxy groups -OCH3 is 1. The van der Waals surface area contributed by atoms with Crippen molar-refractivity contribution in [3.05, 3.63) is 53.1 Å². The number of nitrogens with zero attached hydrogens (tertiary/aromatic N) is 1. The fourth-order valence-corrected chi connectivity index (χ4v) is 3.37. The minimum Gasteiger partial charge on any atom is -0.495 e. The molecule has 0 spiro atoms. The van der Waals surface area contributed by atoms with Crippen LogP contribution in [-0.2, 0) is 14.9 Å². The van der Waals surface area contributed by atoms with E-state index in [-0.39, 0.29) is 16.2 Å². The topological polar surface area (TPSA) is 84.9 Å². The Labute approximate surface area is 151 Å². The Morgan fingerprint density at radius 2 is 1.88 bits per heavy atom. The van der Waals surface area contributed by atoms with Crippen molar-refractivity contribution in [3.63, 3.8) is 0 Å². The van der Waals surface area contributed by atoms with E-state index in [4.69, 9.17) is 21.2 Å². The molecule has 0 aliphatic carbocycles. The molecular weight excluding hydrogens is 368 g/mol. The van der Waals surface area contributed by atoms with E-state index in [1.165, 1.54) is 39.5 Å². The first-order valence-electron chi connectivity index (χ1n) is 7.07. The van der Waals surface area contributed by atoms with Crippen LogP contribution in [0.2, 0.25) is 5.02 Å². The van der Waals surface area contributed by atoms with Gasteiger partial charge in [-0.05, 0) is 36.4 Å². The number of carbonyl (C=O) groups is 1. The first-order valence-corrected chi connectivity index (χ1v) is 8.89. The van der Waals surface area contributed by atoms with E-state index < -0.39 is 15.9 Å². The molecule has 0 aliphatic rings. The lowest BCUT2D eigenvalue weighted by atomic mass is 10.2. The summed E-state index contributed by atoms with van der Waals surface area (Å²) in [6.07, 6.45) is 0. The maximum atomic E-state index is 12.5. The first kappa shape index (κ1) is 19.2. The molecule has 9 heteroatoms. The number of carbonyl (C=O) groups excluding carboxylic acids is 1. The summed E-state index contributed by atoms with van der Waals surface area (Å²) >= 11 is 5.88. The van der Waals surface area contributed by atoms with E-state index >= 15 is 0 Å². The Hall–Kier alpha value is -2.13. The van der Waals surface area contributed by atoms with Gasteiger partial charge in [0.15, 0.2) is 0 Å². The van der Waals surface area contributed by atoms with Crippen molar-refractivity contribution >= 4 is 33.2 Å². The van der Waals surface area contributed by atoms with Gasteiger partial charge < -0.3 is 10.1 Å². The highest BCUT2D eigenvalue weighted by Crippen LogP contribution is 2.28. The summed E-state index contributed by atoms with van der Waals surface area (Å²) in [5.41, 5.74) is 0.635. The molecule has 2 aromatic carbocycles. The molecule has 1 N–H and O–H groups in total. The van der Waals surface area contributed by atoms with Gasteiger partial charge in [0.25, 0.3) is 15.9 Å². The zero-order chi connectivity index (χ0) is 18.6. The Morgan fingerprint density at radius 3 is 2.48 bits per heavy atom. The minimum absolute atomic E-state index is 0.100. The first-order chi connectivity index (χ1) is 11.8. The molecule has 0 atom stereocenters. The van der Waals surface area contributed by atoms with Gasteiger partial charge in [-0.3, -0.25) is 9.63 Å². The number of nitrogens with one attached hydrogen (secondary N) is 1. The normalized spacial score (nSPS) is 11.4. The van der Waals surface area contributed by atoms with Crippen molar-refractivity contribution in [2.75, 3.05) is 26.6 Å². The van der Waals surface area contributed by atoms with Crippen LogP contribution in [0.1, 0.15) is 10.4 Å². The third kappa shape index (κ3) is 4.29. The Morgan fingerprint density at radius 1 is 1.16 bits per heavy atom. The number of hydrogen-bond acceptors (Lipinski definition) is 5. The number of hydroxylamine groups is 1. The van der Waals surface area contributed by atoms with E-state index in [1.807, 2.05) is 0 Å². The molecule has 0 unspecified atom stereocenters. The Balaban J connectivity index is 2.40. The molecule has 0 radical (unpaired) electrons. The van der Waals surface area contributed by atoms with Crippen LogP contribution in [-0.4, -0.2) is 40.1 Å². The molecule has 134 valence electrons. The molecule has 0 aromatic heterocycles. The smallest absolute Gasteiger partial charge is 0.268 e. The van der Waals surface area contributed by atoms with Crippen LogP contribution in [0.4, 0.5) is 5.69 Å². The van der Waals surface area contributed by atoms with E-state index in [1.54, 1.807) is 24.3 Å². The van der Waals surface area contributed by atoms with Crippen molar-refractivity contribution in [1.82, 2.24) is 4.47 Å². The molecule has 0 fully saturated rings. The molecule has 0 heterocycles. The van der Waals surface area contributed by atoms with E-state index in [2.05, 4.69) is 5.32 Å². The fraction of sp³-hybridized carbons (Fsp3) is 0.188. The average Bonchev–Trinajstić information content (AvgIpc) is 2.60. The number of benzene rings is 2. The standard InChI is InChI=1S/C16H17ClN2O5S/c1-19(24-3)25(21,22)15-9-11(7-8-14(15)23-2)16(20)18-13-6-4-5-12(17)10-13/h4-10H,1-3H3,(H,18,20). The molecule has 0 saturated carbocycles. The van der Waals surface area contributed by atoms with Gasteiger partial charge in [0, 0.05) is 23.3 Å². The number of amides is 1. The third-order valence-electron chi connectivity index (χ3n) is 3.38. The van der Waals surface area contributed by atoms with E-state index in [9.17, 15) is 13.2 Å². The number of hydrogen-bond donors (Lipinski definition) is 1. The van der Waals surface area contributed by atoms with Crippen LogP contribution in [0, 0.1) is 0 Å². The number of rotatable bonds is 6. The number of ether oxygens (including phenoxy) is 1. The maximum Gasteiger partial charge on any atom is 0.268 e. The molecule has 7 nitrogen and oxygen atoms in total. The van der Waals surface area contributed by atoms with Crippen LogP contribution >= 0.6 is 11.6 Å². The zero-order valence-corrected chi connectivity index (χ0v) is 15.4. The lowest BCUT2D eigenvalue weighted by molar-refractivity contribution is -0.0259. The van der Waals surface area contributed by atoms with Gasteiger partial charge >= 0.3 is 0 Å². The monoisotopic (exact) mass is 384 g/mol. The molecule has 0 saturated heterocycles. The second kappa shape index (κ2) is 7.83. The summed E-state index contributed by atoms with van der Waals surface area (Å²) in [6.45, 7) is 0. The van der Waals surface area contributed by atoms with Crippen LogP contribution in [0.25, 0.3) is 0 Å². The average molecular weight is 385 g/mol. The van der Waals surface area contributed by atoms with Crippen LogP contribution < -0.4 is 10.1 Å². The molecule has 25 heavy (non-hydrogen) atoms. The van der Waals surface area contributed by atoms with Gasteiger partial charge in [0.05, 0.1) is 14.2 Å². The molecular formula is C16H17ClN2O5S. The van der Waals surface area contributed by atoms with Gasteiger partial charge in [-0.1, -0.05) is 22.1 Å². The molecule has 2 aromatic rings. The highest BCUT2D eigenvalue weighted by Gasteiger charge is 2.26. The van der Waals surface area contributed by atoms with Crippen molar-refractivity contribution in [3.8, 4) is 5.75 Å². The number of halogens is 1. The van der Waals surface area contributed by atoms with Gasteiger partial charge in [0.2, 0.25) is 0 Å². The highest BCUT2D eigenvalue weighted by molar-refractivity contribution is 7.89. The highest BCUT2D eigenvalue weighted by atomic mass is 35.5. The van der Waals surface area contributed by atoms with E-state index in [0.717, 1.165) is 0 Å². The fourth-order valence-electron chi connectivity index (χ4n) is 2.03. The van der Waals surface area contributed by atoms with Crippen molar-refractivity contribution in [2.24, 2.45) is 0 Å². The minimum atomic E-state index is -3.98. The second-order valence-electron chi connectivity index (χ2n) is 4.93. The summed E-state index contributed by atoms with van der Waals surface area (Å²) in [5, 5.41) is 3.12. The summed E-state index contributed by atoms with van der Waals surface area (Å²) in [4.78, 5) is 17.0. The van der Waals surface area contributed by atoms with Gasteiger partial charge in [-0.15, -0.1) is 0 Å². The summed E-state index contributed by atoms with van der Waals surface area (Å²) in [7, 11) is -0.177. The predicted octanol–water partition coefficient (Wildman–Crippen LogP) is 2.78. The molecule has 0 bridgehead atoms. The lowest BCUT2D eigenvalue weighted by Crippen LogP contribution is -2.26. The summed E-state index contributed by atoms with van der Waals surface area (Å²) in [5.74, 6) is -0.385. The van der Waals surface area contributed by atoms with E-state index in [0.29, 0.717) is 15.2 Å². The number of anilines is 1. The molecule has 1 amide bonds. The van der Waals surface area contributed by atoms with Gasteiger partial charge in [-0.25, -0.2) is 8.42 Å². The van der Waals surface area contributed by atoms with Crippen LogP contribution in [0.15, 0.2) is 47.4 Å². The lowest BCUT2D eigenvalue weighted by Gasteiger charge is -2.17.